The summed E-state index contributed by atoms with van der Waals surface area (Å²) in [6, 6.07) is 5.71. The third-order valence-electron chi connectivity index (χ3n) is 6.32. The Balaban J connectivity index is 1.42. The van der Waals surface area contributed by atoms with E-state index in [9.17, 15) is 17.6 Å². The Morgan fingerprint density at radius 1 is 1.11 bits per heavy atom. The molecule has 37 heavy (non-hydrogen) atoms. The number of hydrogen-bond acceptors (Lipinski definition) is 9. The smallest absolute Gasteiger partial charge is 0.354 e. The molecule has 9 nitrogen and oxygen atoms in total. The molecule has 1 N–H and O–H groups in total. The average Bonchev–Trinajstić information content (AvgIpc) is 3.33. The van der Waals surface area contributed by atoms with Crippen molar-refractivity contribution in [1.82, 2.24) is 35.0 Å². The van der Waals surface area contributed by atoms with E-state index in [0.717, 1.165) is 31.8 Å². The minimum absolute atomic E-state index is 0.199. The first-order valence-corrected chi connectivity index (χ1v) is 11.5. The molecule has 1 fully saturated rings. The predicted molar refractivity (Wildman–Crippen MR) is 130 cm³/mol. The van der Waals surface area contributed by atoms with E-state index in [1.807, 2.05) is 11.9 Å². The number of nitrogens with zero attached hydrogens (tertiary/aromatic N) is 8. The monoisotopic (exact) mass is 513 g/mol. The molecule has 0 aromatic carbocycles. The van der Waals surface area contributed by atoms with Crippen LogP contribution in [0.3, 0.4) is 0 Å². The van der Waals surface area contributed by atoms with Crippen molar-refractivity contribution >= 4 is 28.5 Å². The summed E-state index contributed by atoms with van der Waals surface area (Å²) in [5.74, 6) is 0.782. The molecule has 1 aliphatic rings. The molecule has 0 amide bonds. The van der Waals surface area contributed by atoms with Crippen LogP contribution in [0.2, 0.25) is 0 Å². The van der Waals surface area contributed by atoms with Crippen LogP contribution in [0.4, 0.5) is 34.9 Å². The second-order valence-corrected chi connectivity index (χ2v) is 8.87. The third-order valence-corrected chi connectivity index (χ3v) is 6.32. The Hall–Kier alpha value is -4.00. The van der Waals surface area contributed by atoms with Crippen LogP contribution in [0.1, 0.15) is 17.5 Å². The van der Waals surface area contributed by atoms with E-state index in [2.05, 4.69) is 47.4 Å². The number of aromatic nitrogens is 6. The van der Waals surface area contributed by atoms with Crippen molar-refractivity contribution in [3.63, 3.8) is 0 Å². The summed E-state index contributed by atoms with van der Waals surface area (Å²) in [5, 5.41) is 11.5. The molecule has 0 aliphatic carbocycles. The zero-order valence-corrected chi connectivity index (χ0v) is 20.0. The number of nitrogens with one attached hydrogen (secondary N) is 1. The van der Waals surface area contributed by atoms with E-state index in [4.69, 9.17) is 0 Å². The number of anilines is 3. The lowest BCUT2D eigenvalue weighted by Crippen LogP contribution is -2.34. The molecule has 1 unspecified atom stereocenters. The molecule has 0 radical (unpaired) electrons. The number of halogens is 4. The van der Waals surface area contributed by atoms with Crippen LogP contribution in [0, 0.1) is 0 Å². The van der Waals surface area contributed by atoms with Gasteiger partial charge in [0.2, 0.25) is 0 Å². The molecule has 0 bridgehead atoms. The maximum absolute atomic E-state index is 14.0. The molecule has 1 aliphatic heterocycles. The first-order valence-electron chi connectivity index (χ1n) is 11.5. The van der Waals surface area contributed by atoms with Gasteiger partial charge in [0.05, 0.1) is 17.4 Å². The molecule has 1 saturated heterocycles. The minimum atomic E-state index is -4.47. The Labute approximate surface area is 209 Å². The van der Waals surface area contributed by atoms with Gasteiger partial charge in [-0.1, -0.05) is 0 Å². The lowest BCUT2D eigenvalue weighted by molar-refractivity contribution is -0.137. The standard InChI is InChI=1S/C24H23F4N9/c1-36-8-6-16(13-36)37(2)20-9-14(10-25)21(35-34-20)18-12-31-22-17(5-7-29-23(22)33-18)32-19-4-3-15(11-30-19)24(26,27)28/h3-5,7,9,11-12,16H,6,8,10,13H2,1-2H3,(H,29,30,32,33). The summed E-state index contributed by atoms with van der Waals surface area (Å²) in [6.45, 7) is 1.12. The van der Waals surface area contributed by atoms with Crippen molar-refractivity contribution in [2.24, 2.45) is 0 Å². The van der Waals surface area contributed by atoms with E-state index in [1.54, 1.807) is 12.1 Å². The van der Waals surface area contributed by atoms with Crippen molar-refractivity contribution < 1.29 is 17.6 Å². The molecular formula is C24H23F4N9. The highest BCUT2D eigenvalue weighted by atomic mass is 19.4. The fourth-order valence-electron chi connectivity index (χ4n) is 4.23. The molecule has 5 rings (SSSR count). The van der Waals surface area contributed by atoms with Gasteiger partial charge in [0, 0.05) is 37.6 Å². The van der Waals surface area contributed by atoms with E-state index in [-0.39, 0.29) is 23.2 Å². The third kappa shape index (κ3) is 5.12. The normalized spacial score (nSPS) is 16.3. The number of pyridine rings is 2. The summed E-state index contributed by atoms with van der Waals surface area (Å²) in [5.41, 5.74) is 1.12. The van der Waals surface area contributed by atoms with Gasteiger partial charge in [-0.15, -0.1) is 10.2 Å². The van der Waals surface area contributed by atoms with Crippen molar-refractivity contribution in [3.05, 3.63) is 54.0 Å². The van der Waals surface area contributed by atoms with Gasteiger partial charge < -0.3 is 15.1 Å². The number of likely N-dealkylation sites (tertiary alicyclic amines) is 1. The maximum atomic E-state index is 14.0. The first kappa shape index (κ1) is 24.7. The van der Waals surface area contributed by atoms with Crippen LogP contribution in [-0.2, 0) is 12.9 Å². The van der Waals surface area contributed by atoms with Crippen molar-refractivity contribution in [2.75, 3.05) is 37.4 Å². The first-order chi connectivity index (χ1) is 17.7. The van der Waals surface area contributed by atoms with Crippen LogP contribution < -0.4 is 10.2 Å². The van der Waals surface area contributed by atoms with Crippen LogP contribution in [0.25, 0.3) is 22.6 Å². The quantitative estimate of drug-likeness (QED) is 0.380. The second-order valence-electron chi connectivity index (χ2n) is 8.87. The summed E-state index contributed by atoms with van der Waals surface area (Å²) in [4.78, 5) is 21.2. The van der Waals surface area contributed by atoms with Gasteiger partial charge in [-0.25, -0.2) is 24.3 Å². The van der Waals surface area contributed by atoms with E-state index in [1.165, 1.54) is 18.5 Å². The summed E-state index contributed by atoms with van der Waals surface area (Å²) in [7, 11) is 3.98. The zero-order valence-electron chi connectivity index (χ0n) is 20.0. The van der Waals surface area contributed by atoms with E-state index >= 15 is 0 Å². The topological polar surface area (TPSA) is 95.8 Å². The van der Waals surface area contributed by atoms with E-state index < -0.39 is 18.4 Å². The van der Waals surface area contributed by atoms with Gasteiger partial charge in [0.15, 0.2) is 11.5 Å². The molecule has 4 aromatic rings. The Morgan fingerprint density at radius 2 is 1.95 bits per heavy atom. The summed E-state index contributed by atoms with van der Waals surface area (Å²) < 4.78 is 52.5. The highest BCUT2D eigenvalue weighted by Crippen LogP contribution is 2.30. The number of fused-ring (bicyclic) bond motifs is 1. The minimum Gasteiger partial charge on any atom is -0.354 e. The highest BCUT2D eigenvalue weighted by Gasteiger charge is 2.30. The fourth-order valence-corrected chi connectivity index (χ4v) is 4.23. The molecule has 192 valence electrons. The molecule has 5 heterocycles. The van der Waals surface area contributed by atoms with Crippen LogP contribution in [0.15, 0.2) is 42.9 Å². The van der Waals surface area contributed by atoms with E-state index in [0.29, 0.717) is 28.3 Å². The number of likely N-dealkylation sites (N-methyl/N-ethyl adjacent to an activating group) is 2. The molecule has 4 aromatic heterocycles. The Kier molecular flexibility index (Phi) is 6.54. The SMILES string of the molecule is CN1CCC(N(C)c2cc(CF)c(-c3cnc4c(Nc5ccc(C(F)(F)F)cn5)ccnc4n3)nn2)C1. The molecule has 0 spiro atoms. The van der Waals surface area contributed by atoms with Crippen LogP contribution in [-0.4, -0.2) is 68.3 Å². The van der Waals surface area contributed by atoms with Crippen molar-refractivity contribution in [3.8, 4) is 11.4 Å². The molecule has 1 atom stereocenters. The van der Waals surface area contributed by atoms with Gasteiger partial charge in [-0.3, -0.25) is 0 Å². The van der Waals surface area contributed by atoms with Gasteiger partial charge in [-0.05, 0) is 44.3 Å². The lowest BCUT2D eigenvalue weighted by Gasteiger charge is -2.25. The fraction of sp³-hybridized carbons (Fsp3) is 0.333. The predicted octanol–water partition coefficient (Wildman–Crippen LogP) is 4.25. The van der Waals surface area contributed by atoms with Gasteiger partial charge in [-0.2, -0.15) is 13.2 Å². The van der Waals surface area contributed by atoms with Gasteiger partial charge in [0.25, 0.3) is 0 Å². The van der Waals surface area contributed by atoms with Crippen molar-refractivity contribution in [2.45, 2.75) is 25.3 Å². The average molecular weight is 514 g/mol. The van der Waals surface area contributed by atoms with Crippen LogP contribution in [0.5, 0.6) is 0 Å². The second kappa shape index (κ2) is 9.81. The van der Waals surface area contributed by atoms with Crippen LogP contribution >= 0.6 is 0 Å². The molecule has 13 heteroatoms. The number of rotatable bonds is 6. The summed E-state index contributed by atoms with van der Waals surface area (Å²) in [6.07, 6.45) is 0.179. The van der Waals surface area contributed by atoms with Gasteiger partial charge in [0.1, 0.15) is 29.4 Å². The van der Waals surface area contributed by atoms with Gasteiger partial charge >= 0.3 is 6.18 Å². The Bertz CT molecular complexity index is 1410. The zero-order chi connectivity index (χ0) is 26.2. The number of hydrogen-bond donors (Lipinski definition) is 1. The molecule has 0 saturated carbocycles. The summed E-state index contributed by atoms with van der Waals surface area (Å²) >= 11 is 0. The maximum Gasteiger partial charge on any atom is 0.417 e. The lowest BCUT2D eigenvalue weighted by atomic mass is 10.1. The largest absolute Gasteiger partial charge is 0.417 e. The molecular weight excluding hydrogens is 490 g/mol. The Morgan fingerprint density at radius 3 is 2.62 bits per heavy atom. The highest BCUT2D eigenvalue weighted by molar-refractivity contribution is 5.87. The van der Waals surface area contributed by atoms with Crippen molar-refractivity contribution in [1.29, 1.82) is 0 Å². The number of alkyl halides is 4.